The summed E-state index contributed by atoms with van der Waals surface area (Å²) in [6.07, 6.45) is 3.50. The monoisotopic (exact) mass is 458 g/mol. The number of sulfonamides is 1. The maximum Gasteiger partial charge on any atom is 0.309 e. The van der Waals surface area contributed by atoms with Crippen molar-refractivity contribution >= 4 is 21.9 Å². The molecule has 10 heteroatoms. The maximum absolute atomic E-state index is 13.9. The average molecular weight is 459 g/mol. The lowest BCUT2D eigenvalue weighted by Gasteiger charge is -2.31. The van der Waals surface area contributed by atoms with Crippen LogP contribution in [0.25, 0.3) is 0 Å². The molecule has 1 unspecified atom stereocenters. The second kappa shape index (κ2) is 10.0. The van der Waals surface area contributed by atoms with Crippen LogP contribution in [0.4, 0.5) is 8.78 Å². The molecule has 31 heavy (non-hydrogen) atoms. The van der Waals surface area contributed by atoms with Crippen LogP contribution in [0.15, 0.2) is 23.1 Å². The minimum atomic E-state index is -4.21. The maximum atomic E-state index is 13.9. The minimum Gasteiger partial charge on any atom is -0.452 e. The summed E-state index contributed by atoms with van der Waals surface area (Å²) in [6.45, 7) is 2.83. The van der Waals surface area contributed by atoms with Crippen LogP contribution >= 0.6 is 0 Å². The van der Waals surface area contributed by atoms with E-state index in [2.05, 4.69) is 0 Å². The van der Waals surface area contributed by atoms with E-state index in [-0.39, 0.29) is 31.8 Å². The first kappa shape index (κ1) is 23.6. The van der Waals surface area contributed by atoms with Gasteiger partial charge in [-0.15, -0.1) is 0 Å². The minimum absolute atomic E-state index is 0.0213. The van der Waals surface area contributed by atoms with Crippen molar-refractivity contribution in [3.63, 3.8) is 0 Å². The molecule has 7 nitrogen and oxygen atoms in total. The van der Waals surface area contributed by atoms with E-state index in [1.165, 1.54) is 0 Å². The normalized spacial score (nSPS) is 20.2. The molecule has 0 aliphatic carbocycles. The van der Waals surface area contributed by atoms with Crippen molar-refractivity contribution in [2.45, 2.75) is 56.4 Å². The Morgan fingerprint density at radius 2 is 1.65 bits per heavy atom. The Labute approximate surface area is 181 Å². The van der Waals surface area contributed by atoms with Gasteiger partial charge >= 0.3 is 5.97 Å². The van der Waals surface area contributed by atoms with Crippen LogP contribution in [0.1, 0.15) is 45.4 Å². The van der Waals surface area contributed by atoms with Crippen LogP contribution in [0.2, 0.25) is 0 Å². The van der Waals surface area contributed by atoms with Gasteiger partial charge in [-0.2, -0.15) is 4.31 Å². The van der Waals surface area contributed by atoms with Crippen molar-refractivity contribution in [1.82, 2.24) is 9.21 Å². The lowest BCUT2D eigenvalue weighted by atomic mass is 9.98. The molecule has 0 radical (unpaired) electrons. The number of halogens is 2. The predicted molar refractivity (Wildman–Crippen MR) is 108 cm³/mol. The van der Waals surface area contributed by atoms with Gasteiger partial charge in [0.15, 0.2) is 6.10 Å². The summed E-state index contributed by atoms with van der Waals surface area (Å²) >= 11 is 0. The van der Waals surface area contributed by atoms with Gasteiger partial charge in [-0.05, 0) is 50.8 Å². The fourth-order valence-corrected chi connectivity index (χ4v) is 5.56. The van der Waals surface area contributed by atoms with E-state index >= 15 is 0 Å². The summed E-state index contributed by atoms with van der Waals surface area (Å²) in [5.74, 6) is -3.17. The quantitative estimate of drug-likeness (QED) is 0.634. The molecule has 1 atom stereocenters. The number of benzene rings is 1. The molecule has 2 aliphatic heterocycles. The zero-order valence-electron chi connectivity index (χ0n) is 17.6. The van der Waals surface area contributed by atoms with Gasteiger partial charge in [0.05, 0.1) is 5.92 Å². The lowest BCUT2D eigenvalue weighted by Crippen LogP contribution is -2.43. The standard InChI is InChI=1S/C21H28F2N2O5S/c1-15(20(26)24-10-4-2-3-5-11-24)30-21(27)16-8-12-25(13-9-16)31(28,29)19-14-17(22)6-7-18(19)23/h6-7,14-16H,2-5,8-13H2,1H3. The van der Waals surface area contributed by atoms with E-state index in [1.807, 2.05) is 0 Å². The SMILES string of the molecule is CC(OC(=O)C1CCN(S(=O)(=O)c2cc(F)ccc2F)CC1)C(=O)N1CCCCCC1. The molecular weight excluding hydrogens is 430 g/mol. The van der Waals surface area contributed by atoms with Gasteiger partial charge in [0.2, 0.25) is 10.0 Å². The number of hydrogen-bond acceptors (Lipinski definition) is 5. The number of piperidine rings is 1. The number of likely N-dealkylation sites (tertiary alicyclic amines) is 1. The second-order valence-electron chi connectivity index (χ2n) is 8.07. The first-order valence-corrected chi connectivity index (χ1v) is 12.1. The largest absolute Gasteiger partial charge is 0.452 e. The summed E-state index contributed by atoms with van der Waals surface area (Å²) in [6, 6.07) is 2.28. The smallest absolute Gasteiger partial charge is 0.309 e. The van der Waals surface area contributed by atoms with Crippen molar-refractivity contribution in [3.8, 4) is 0 Å². The number of ether oxygens (including phenoxy) is 1. The molecule has 1 amide bonds. The molecule has 2 heterocycles. The molecular formula is C21H28F2N2O5S. The zero-order valence-corrected chi connectivity index (χ0v) is 18.4. The van der Waals surface area contributed by atoms with Gasteiger partial charge in [-0.25, -0.2) is 17.2 Å². The molecule has 1 aromatic carbocycles. The lowest BCUT2D eigenvalue weighted by molar-refractivity contribution is -0.163. The summed E-state index contributed by atoms with van der Waals surface area (Å²) in [7, 11) is -4.21. The second-order valence-corrected chi connectivity index (χ2v) is 9.98. The van der Waals surface area contributed by atoms with Gasteiger partial charge in [-0.3, -0.25) is 9.59 Å². The molecule has 2 fully saturated rings. The van der Waals surface area contributed by atoms with E-state index in [0.717, 1.165) is 42.1 Å². The van der Waals surface area contributed by atoms with Crippen molar-refractivity contribution in [2.75, 3.05) is 26.2 Å². The van der Waals surface area contributed by atoms with E-state index in [4.69, 9.17) is 4.74 Å². The third kappa shape index (κ3) is 5.60. The van der Waals surface area contributed by atoms with Crippen LogP contribution in [0.3, 0.4) is 0 Å². The molecule has 2 aliphatic rings. The summed E-state index contributed by atoms with van der Waals surface area (Å²) < 4.78 is 59.1. The number of esters is 1. The Hall–Kier alpha value is -2.07. The highest BCUT2D eigenvalue weighted by atomic mass is 32.2. The first-order valence-electron chi connectivity index (χ1n) is 10.6. The summed E-state index contributed by atoms with van der Waals surface area (Å²) in [5.41, 5.74) is 0. The van der Waals surface area contributed by atoms with Crippen LogP contribution in [0, 0.1) is 17.6 Å². The Morgan fingerprint density at radius 1 is 1.03 bits per heavy atom. The first-order chi connectivity index (χ1) is 14.7. The number of carbonyl (C=O) groups is 2. The highest BCUT2D eigenvalue weighted by molar-refractivity contribution is 7.89. The third-order valence-electron chi connectivity index (χ3n) is 5.86. The Kier molecular flexibility index (Phi) is 7.64. The van der Waals surface area contributed by atoms with Crippen LogP contribution in [-0.4, -0.2) is 61.8 Å². The van der Waals surface area contributed by atoms with Crippen molar-refractivity contribution < 1.29 is 31.5 Å². The number of nitrogens with zero attached hydrogens (tertiary/aromatic N) is 2. The fraction of sp³-hybridized carbons (Fsp3) is 0.619. The predicted octanol–water partition coefficient (Wildman–Crippen LogP) is 2.70. The number of rotatable bonds is 5. The summed E-state index contributed by atoms with van der Waals surface area (Å²) in [4.78, 5) is 26.1. The topological polar surface area (TPSA) is 84.0 Å². The molecule has 0 aromatic heterocycles. The molecule has 0 saturated carbocycles. The summed E-state index contributed by atoms with van der Waals surface area (Å²) in [5, 5.41) is 0. The fourth-order valence-electron chi connectivity index (χ4n) is 4.01. The van der Waals surface area contributed by atoms with Gasteiger partial charge < -0.3 is 9.64 Å². The highest BCUT2D eigenvalue weighted by Gasteiger charge is 2.35. The molecule has 0 N–H and O–H groups in total. The van der Waals surface area contributed by atoms with Crippen LogP contribution < -0.4 is 0 Å². The molecule has 172 valence electrons. The molecule has 1 aromatic rings. The number of hydrogen-bond donors (Lipinski definition) is 0. The molecule has 3 rings (SSSR count). The third-order valence-corrected chi connectivity index (χ3v) is 7.77. The molecule has 0 bridgehead atoms. The van der Waals surface area contributed by atoms with Crippen molar-refractivity contribution in [1.29, 1.82) is 0 Å². The Bertz CT molecular complexity index is 908. The van der Waals surface area contributed by atoms with Gasteiger partial charge in [0.25, 0.3) is 5.91 Å². The number of amides is 1. The molecule has 2 saturated heterocycles. The average Bonchev–Trinajstić information content (AvgIpc) is 3.04. The zero-order chi connectivity index (χ0) is 22.6. The van der Waals surface area contributed by atoms with E-state index in [1.54, 1.807) is 11.8 Å². The van der Waals surface area contributed by atoms with Gasteiger partial charge in [-0.1, -0.05) is 12.8 Å². The van der Waals surface area contributed by atoms with Crippen LogP contribution in [0.5, 0.6) is 0 Å². The van der Waals surface area contributed by atoms with Crippen LogP contribution in [-0.2, 0) is 24.3 Å². The van der Waals surface area contributed by atoms with E-state index < -0.39 is 44.5 Å². The number of carbonyl (C=O) groups excluding carboxylic acids is 2. The van der Waals surface area contributed by atoms with E-state index in [9.17, 15) is 26.8 Å². The highest BCUT2D eigenvalue weighted by Crippen LogP contribution is 2.27. The van der Waals surface area contributed by atoms with E-state index in [0.29, 0.717) is 19.2 Å². The van der Waals surface area contributed by atoms with Gasteiger partial charge in [0, 0.05) is 26.2 Å². The Morgan fingerprint density at radius 3 is 2.26 bits per heavy atom. The molecule has 0 spiro atoms. The van der Waals surface area contributed by atoms with Crippen molar-refractivity contribution in [2.24, 2.45) is 5.92 Å². The van der Waals surface area contributed by atoms with Crippen molar-refractivity contribution in [3.05, 3.63) is 29.8 Å². The Balaban J connectivity index is 1.55. The van der Waals surface area contributed by atoms with Gasteiger partial charge in [0.1, 0.15) is 16.5 Å².